The van der Waals surface area contributed by atoms with Gasteiger partial charge in [-0.1, -0.05) is 53.7 Å². The smallest absolute Gasteiger partial charge is 0.262 e. The lowest BCUT2D eigenvalue weighted by atomic mass is 10.2. The van der Waals surface area contributed by atoms with Gasteiger partial charge in [-0.15, -0.1) is 10.2 Å². The Bertz CT molecular complexity index is 976. The van der Waals surface area contributed by atoms with Gasteiger partial charge in [-0.05, 0) is 17.4 Å². The highest BCUT2D eigenvalue weighted by atomic mass is 35.5. The first-order chi connectivity index (χ1) is 12.5. The lowest BCUT2D eigenvalue weighted by Crippen LogP contribution is -1.99. The molecule has 0 N–H and O–H groups in total. The Morgan fingerprint density at radius 1 is 1.31 bits per heavy atom. The minimum Gasteiger partial charge on any atom is -0.868 e. The zero-order valence-electron chi connectivity index (χ0n) is 13.2. The number of thioether (sulfide) groups is 1. The zero-order chi connectivity index (χ0) is 18.5. The van der Waals surface area contributed by atoms with E-state index in [0.717, 1.165) is 11.6 Å². The molecular formula is C16H11ClN5O3S-. The molecule has 3 aromatic rings. The normalized spacial score (nSPS) is 11.1. The van der Waals surface area contributed by atoms with E-state index in [4.69, 9.17) is 11.6 Å². The highest BCUT2D eigenvalue weighted by molar-refractivity contribution is 7.98. The first kappa shape index (κ1) is 17.9. The Hall–Kier alpha value is -2.91. The monoisotopic (exact) mass is 388 g/mol. The van der Waals surface area contributed by atoms with E-state index in [1.54, 1.807) is 0 Å². The van der Waals surface area contributed by atoms with Gasteiger partial charge in [0, 0.05) is 22.4 Å². The van der Waals surface area contributed by atoms with Crippen LogP contribution in [0.5, 0.6) is 5.75 Å². The largest absolute Gasteiger partial charge is 0.868 e. The minimum atomic E-state index is -0.719. The molecular weight excluding hydrogens is 378 g/mol. The van der Waals surface area contributed by atoms with E-state index < -0.39 is 16.4 Å². The molecule has 2 aromatic carbocycles. The van der Waals surface area contributed by atoms with E-state index in [1.807, 2.05) is 24.3 Å². The van der Waals surface area contributed by atoms with Gasteiger partial charge in [-0.25, -0.2) is 0 Å². The van der Waals surface area contributed by atoms with E-state index in [1.165, 1.54) is 41.1 Å². The van der Waals surface area contributed by atoms with Gasteiger partial charge in [-0.2, -0.15) is 9.78 Å². The van der Waals surface area contributed by atoms with Crippen LogP contribution in [0.25, 0.3) is 0 Å². The maximum atomic E-state index is 11.4. The lowest BCUT2D eigenvalue weighted by molar-refractivity contribution is -0.398. The van der Waals surface area contributed by atoms with Crippen LogP contribution in [-0.4, -0.2) is 26.0 Å². The molecule has 0 saturated carbocycles. The number of hydrogen-bond donors (Lipinski definition) is 0. The van der Waals surface area contributed by atoms with Gasteiger partial charge in [0.1, 0.15) is 6.33 Å². The van der Waals surface area contributed by atoms with Gasteiger partial charge in [0.25, 0.3) is 5.69 Å². The summed E-state index contributed by atoms with van der Waals surface area (Å²) in [7, 11) is 0. The summed E-state index contributed by atoms with van der Waals surface area (Å²) in [6.45, 7) is 0. The SMILES string of the molecule is O=[N+]([O-])c1cc(/C=N\n2cnnc2SCc2ccccc2Cl)ccc1[O-]. The summed E-state index contributed by atoms with van der Waals surface area (Å²) < 4.78 is 1.44. The molecule has 0 saturated heterocycles. The van der Waals surface area contributed by atoms with Crippen molar-refractivity contribution in [1.29, 1.82) is 0 Å². The van der Waals surface area contributed by atoms with Crippen LogP contribution in [0.1, 0.15) is 11.1 Å². The van der Waals surface area contributed by atoms with Crippen LogP contribution in [0.2, 0.25) is 5.02 Å². The molecule has 26 heavy (non-hydrogen) atoms. The maximum absolute atomic E-state index is 11.4. The average Bonchev–Trinajstić information content (AvgIpc) is 3.07. The highest BCUT2D eigenvalue weighted by Crippen LogP contribution is 2.25. The second-order valence-corrected chi connectivity index (χ2v) is 6.42. The summed E-state index contributed by atoms with van der Waals surface area (Å²) in [6.07, 6.45) is 2.82. The molecule has 0 radical (unpaired) electrons. The van der Waals surface area contributed by atoms with Gasteiger partial charge in [-0.3, -0.25) is 10.1 Å². The van der Waals surface area contributed by atoms with Crippen LogP contribution in [-0.2, 0) is 5.75 Å². The van der Waals surface area contributed by atoms with Crippen molar-refractivity contribution < 1.29 is 10.0 Å². The summed E-state index contributed by atoms with van der Waals surface area (Å²) in [6, 6.07) is 11.3. The number of benzene rings is 2. The lowest BCUT2D eigenvalue weighted by Gasteiger charge is -2.06. The maximum Gasteiger partial charge on any atom is 0.262 e. The molecule has 8 nitrogen and oxygen atoms in total. The number of nitro benzene ring substituents is 1. The first-order valence-corrected chi connectivity index (χ1v) is 8.67. The fraction of sp³-hybridized carbons (Fsp3) is 0.0625. The molecule has 0 unspecified atom stereocenters. The van der Waals surface area contributed by atoms with Crippen LogP contribution in [0.15, 0.2) is 59.0 Å². The van der Waals surface area contributed by atoms with Crippen LogP contribution >= 0.6 is 23.4 Å². The summed E-state index contributed by atoms with van der Waals surface area (Å²) in [5.74, 6) is -0.0584. The molecule has 0 fully saturated rings. The van der Waals surface area contributed by atoms with Gasteiger partial charge >= 0.3 is 0 Å². The Kier molecular flexibility index (Phi) is 5.49. The number of rotatable bonds is 6. The topological polar surface area (TPSA) is 109 Å². The predicted molar refractivity (Wildman–Crippen MR) is 96.6 cm³/mol. The summed E-state index contributed by atoms with van der Waals surface area (Å²) in [4.78, 5) is 10.1. The number of nitro groups is 1. The standard InChI is InChI=1S/C16H12ClN5O3S/c17-13-4-2-1-3-12(13)9-26-16-20-18-10-21(16)19-8-11-5-6-15(23)14(7-11)22(24)25/h1-8,10,23H,9H2/p-1/b19-8-. The molecule has 132 valence electrons. The van der Waals surface area contributed by atoms with Crippen LogP contribution < -0.4 is 5.11 Å². The molecule has 0 atom stereocenters. The van der Waals surface area contributed by atoms with Crippen LogP contribution in [0.3, 0.4) is 0 Å². The molecule has 0 spiro atoms. The number of hydrogen-bond acceptors (Lipinski definition) is 7. The third kappa shape index (κ3) is 4.19. The Morgan fingerprint density at radius 3 is 2.88 bits per heavy atom. The zero-order valence-corrected chi connectivity index (χ0v) is 14.7. The molecule has 10 heteroatoms. The molecule has 3 rings (SSSR count). The van der Waals surface area contributed by atoms with Crippen LogP contribution in [0, 0.1) is 10.1 Å². The fourth-order valence-electron chi connectivity index (χ4n) is 2.04. The van der Waals surface area contributed by atoms with E-state index in [2.05, 4.69) is 15.3 Å². The second kappa shape index (κ2) is 7.98. The summed E-state index contributed by atoms with van der Waals surface area (Å²) >= 11 is 7.53. The third-order valence-corrected chi connectivity index (χ3v) is 4.68. The van der Waals surface area contributed by atoms with E-state index >= 15 is 0 Å². The molecule has 0 aliphatic carbocycles. The van der Waals surface area contributed by atoms with Gasteiger partial charge in [0.15, 0.2) is 0 Å². The molecule has 0 amide bonds. The summed E-state index contributed by atoms with van der Waals surface area (Å²) in [5.41, 5.74) is 0.887. The van der Waals surface area contributed by atoms with Crippen molar-refractivity contribution in [3.05, 3.63) is 75.1 Å². The second-order valence-electron chi connectivity index (χ2n) is 5.07. The van der Waals surface area contributed by atoms with Crippen molar-refractivity contribution in [2.75, 3.05) is 0 Å². The van der Waals surface area contributed by atoms with Crippen molar-refractivity contribution in [2.24, 2.45) is 5.10 Å². The molecule has 0 bridgehead atoms. The van der Waals surface area contributed by atoms with E-state index in [-0.39, 0.29) is 0 Å². The van der Waals surface area contributed by atoms with Crippen molar-refractivity contribution in [1.82, 2.24) is 14.9 Å². The van der Waals surface area contributed by atoms with Gasteiger partial charge in [0.2, 0.25) is 5.16 Å². The molecule has 1 heterocycles. The Balaban J connectivity index is 1.75. The fourth-order valence-corrected chi connectivity index (χ4v) is 3.19. The van der Waals surface area contributed by atoms with Gasteiger partial charge < -0.3 is 5.11 Å². The van der Waals surface area contributed by atoms with Crippen molar-refractivity contribution in [3.8, 4) is 5.75 Å². The Labute approximate surface area is 157 Å². The van der Waals surface area contributed by atoms with Crippen molar-refractivity contribution in [3.63, 3.8) is 0 Å². The third-order valence-electron chi connectivity index (χ3n) is 3.33. The number of halogens is 1. The van der Waals surface area contributed by atoms with Crippen molar-refractivity contribution in [2.45, 2.75) is 10.9 Å². The molecule has 1 aromatic heterocycles. The average molecular weight is 389 g/mol. The predicted octanol–water partition coefficient (Wildman–Crippen LogP) is 3.09. The number of nitrogens with zero attached hydrogens (tertiary/aromatic N) is 5. The summed E-state index contributed by atoms with van der Waals surface area (Å²) in [5, 5.41) is 35.5. The quantitative estimate of drug-likeness (QED) is 0.278. The van der Waals surface area contributed by atoms with Crippen molar-refractivity contribution >= 4 is 35.3 Å². The molecule has 0 aliphatic heterocycles. The van der Waals surface area contributed by atoms with E-state index in [9.17, 15) is 15.2 Å². The molecule has 0 aliphatic rings. The minimum absolute atomic E-state index is 0.423. The van der Waals surface area contributed by atoms with Gasteiger partial charge in [0.05, 0.1) is 11.1 Å². The number of aromatic nitrogens is 3. The Morgan fingerprint density at radius 2 is 2.12 bits per heavy atom. The first-order valence-electron chi connectivity index (χ1n) is 7.30. The van der Waals surface area contributed by atoms with Crippen LogP contribution in [0.4, 0.5) is 5.69 Å². The highest BCUT2D eigenvalue weighted by Gasteiger charge is 2.08. The van der Waals surface area contributed by atoms with E-state index in [0.29, 0.717) is 21.5 Å².